The molecule has 0 bridgehead atoms. The van der Waals surface area contributed by atoms with E-state index in [1.165, 1.54) is 22.5 Å². The van der Waals surface area contributed by atoms with Crippen LogP contribution in [0.5, 0.6) is 0 Å². The Morgan fingerprint density at radius 2 is 1.79 bits per heavy atom. The highest BCUT2D eigenvalue weighted by molar-refractivity contribution is 7.89. The molecule has 0 atom stereocenters. The van der Waals surface area contributed by atoms with Crippen molar-refractivity contribution in [3.63, 3.8) is 0 Å². The lowest BCUT2D eigenvalue weighted by atomic mass is 10.0. The van der Waals surface area contributed by atoms with Crippen LogP contribution in [0.15, 0.2) is 23.1 Å². The van der Waals surface area contributed by atoms with E-state index in [0.29, 0.717) is 29.9 Å². The molecular weight excluding hydrogens is 329 g/mol. The van der Waals surface area contributed by atoms with E-state index in [4.69, 9.17) is 34.8 Å². The van der Waals surface area contributed by atoms with E-state index >= 15 is 0 Å². The van der Waals surface area contributed by atoms with Crippen molar-refractivity contribution in [1.29, 1.82) is 0 Å². The summed E-state index contributed by atoms with van der Waals surface area (Å²) in [4.78, 5) is 0.186. The van der Waals surface area contributed by atoms with Crippen molar-refractivity contribution in [3.8, 4) is 0 Å². The Labute approximate surface area is 128 Å². The molecule has 1 aliphatic rings. The van der Waals surface area contributed by atoms with Gasteiger partial charge in [-0.05, 0) is 37.0 Å². The fourth-order valence-electron chi connectivity index (χ4n) is 2.09. The average Bonchev–Trinajstić information content (AvgIpc) is 2.41. The van der Waals surface area contributed by atoms with E-state index in [2.05, 4.69) is 0 Å². The number of halogens is 3. The Morgan fingerprint density at radius 1 is 1.16 bits per heavy atom. The number of rotatable bonds is 3. The molecule has 0 aromatic heterocycles. The van der Waals surface area contributed by atoms with Gasteiger partial charge in [0.1, 0.15) is 0 Å². The van der Waals surface area contributed by atoms with Crippen LogP contribution in [0.2, 0.25) is 10.0 Å². The summed E-state index contributed by atoms with van der Waals surface area (Å²) in [5.41, 5.74) is 0. The molecule has 1 aliphatic heterocycles. The quantitative estimate of drug-likeness (QED) is 0.787. The highest BCUT2D eigenvalue weighted by atomic mass is 35.5. The first kappa shape index (κ1) is 15.4. The summed E-state index contributed by atoms with van der Waals surface area (Å²) < 4.78 is 26.4. The second kappa shape index (κ2) is 6.19. The SMILES string of the molecule is O=S(=O)(c1ccc(Cl)c(Cl)c1)N1CCC(CCl)CC1. The highest BCUT2D eigenvalue weighted by Gasteiger charge is 2.29. The van der Waals surface area contributed by atoms with Crippen LogP contribution in [0, 0.1) is 5.92 Å². The van der Waals surface area contributed by atoms with Gasteiger partial charge in [-0.3, -0.25) is 0 Å². The largest absolute Gasteiger partial charge is 0.243 e. The van der Waals surface area contributed by atoms with Crippen LogP contribution < -0.4 is 0 Å². The van der Waals surface area contributed by atoms with Crippen LogP contribution in [0.4, 0.5) is 0 Å². The first-order valence-electron chi connectivity index (χ1n) is 5.96. The minimum Gasteiger partial charge on any atom is -0.207 e. The van der Waals surface area contributed by atoms with Crippen molar-refractivity contribution in [2.24, 2.45) is 5.92 Å². The summed E-state index contributed by atoms with van der Waals surface area (Å²) in [5.74, 6) is 0.989. The third-order valence-electron chi connectivity index (χ3n) is 3.32. The normalized spacial score (nSPS) is 18.7. The van der Waals surface area contributed by atoms with E-state index in [1.54, 1.807) is 0 Å². The maximum absolute atomic E-state index is 12.4. The minimum absolute atomic E-state index is 0.186. The number of alkyl halides is 1. The number of sulfonamides is 1. The van der Waals surface area contributed by atoms with Gasteiger partial charge in [-0.1, -0.05) is 23.2 Å². The smallest absolute Gasteiger partial charge is 0.207 e. The molecule has 7 heteroatoms. The van der Waals surface area contributed by atoms with E-state index in [9.17, 15) is 8.42 Å². The number of hydrogen-bond donors (Lipinski definition) is 0. The van der Waals surface area contributed by atoms with Gasteiger partial charge >= 0.3 is 0 Å². The monoisotopic (exact) mass is 341 g/mol. The zero-order valence-electron chi connectivity index (χ0n) is 10.2. The molecule has 0 amide bonds. The summed E-state index contributed by atoms with van der Waals surface area (Å²) in [6, 6.07) is 4.38. The van der Waals surface area contributed by atoms with Crippen molar-refractivity contribution >= 4 is 44.8 Å². The number of nitrogens with zero attached hydrogens (tertiary/aromatic N) is 1. The minimum atomic E-state index is -3.49. The zero-order chi connectivity index (χ0) is 14.0. The number of hydrogen-bond acceptors (Lipinski definition) is 2. The third kappa shape index (κ3) is 3.37. The molecule has 0 radical (unpaired) electrons. The lowest BCUT2D eigenvalue weighted by Crippen LogP contribution is -2.38. The maximum atomic E-state index is 12.4. The molecule has 3 nitrogen and oxygen atoms in total. The van der Waals surface area contributed by atoms with Crippen LogP contribution in [0.3, 0.4) is 0 Å². The Bertz CT molecular complexity index is 554. The van der Waals surface area contributed by atoms with E-state index < -0.39 is 10.0 Å². The average molecular weight is 343 g/mol. The molecule has 1 aromatic carbocycles. The molecule has 2 rings (SSSR count). The Balaban J connectivity index is 2.21. The number of benzene rings is 1. The van der Waals surface area contributed by atoms with Crippen LogP contribution >= 0.6 is 34.8 Å². The first-order chi connectivity index (χ1) is 8.95. The molecule has 106 valence electrons. The molecule has 0 saturated carbocycles. The summed E-state index contributed by atoms with van der Waals surface area (Å²) in [6.07, 6.45) is 1.59. The van der Waals surface area contributed by atoms with Gasteiger partial charge in [-0.25, -0.2) is 8.42 Å². The molecule has 0 spiro atoms. The Hall–Kier alpha value is -0.000000000000000111. The van der Waals surface area contributed by atoms with Crippen LogP contribution in [-0.4, -0.2) is 31.7 Å². The topological polar surface area (TPSA) is 37.4 Å². The fourth-order valence-corrected chi connectivity index (χ4v) is 4.26. The van der Waals surface area contributed by atoms with Gasteiger partial charge in [0, 0.05) is 19.0 Å². The molecular formula is C12H14Cl3NO2S. The van der Waals surface area contributed by atoms with E-state index in [1.807, 2.05) is 0 Å². The van der Waals surface area contributed by atoms with Gasteiger partial charge < -0.3 is 0 Å². The second-order valence-corrected chi connectivity index (χ2v) is 7.64. The fraction of sp³-hybridized carbons (Fsp3) is 0.500. The van der Waals surface area contributed by atoms with Gasteiger partial charge in [0.15, 0.2) is 0 Å². The van der Waals surface area contributed by atoms with Crippen LogP contribution in [-0.2, 0) is 10.0 Å². The maximum Gasteiger partial charge on any atom is 0.243 e. The lowest BCUT2D eigenvalue weighted by Gasteiger charge is -2.30. The summed E-state index contributed by atoms with van der Waals surface area (Å²) in [6.45, 7) is 1.000. The zero-order valence-corrected chi connectivity index (χ0v) is 13.2. The first-order valence-corrected chi connectivity index (χ1v) is 8.69. The van der Waals surface area contributed by atoms with Gasteiger partial charge in [0.25, 0.3) is 0 Å². The van der Waals surface area contributed by atoms with E-state index in [-0.39, 0.29) is 9.92 Å². The summed E-state index contributed by atoms with van der Waals surface area (Å²) in [5, 5.41) is 0.597. The molecule has 1 saturated heterocycles. The standard InChI is InChI=1S/C12H14Cl3NO2S/c13-8-9-3-5-16(6-4-9)19(17,18)10-1-2-11(14)12(15)7-10/h1-2,7,9H,3-6,8H2. The van der Waals surface area contributed by atoms with Gasteiger partial charge in [-0.2, -0.15) is 4.31 Å². The second-order valence-electron chi connectivity index (χ2n) is 4.58. The third-order valence-corrected chi connectivity index (χ3v) is 6.39. The molecule has 19 heavy (non-hydrogen) atoms. The van der Waals surface area contributed by atoms with Gasteiger partial charge in [0.05, 0.1) is 14.9 Å². The molecule has 1 aromatic rings. The van der Waals surface area contributed by atoms with E-state index in [0.717, 1.165) is 12.8 Å². The molecule has 1 fully saturated rings. The van der Waals surface area contributed by atoms with Crippen LogP contribution in [0.25, 0.3) is 0 Å². The predicted molar refractivity (Wildman–Crippen MR) is 78.7 cm³/mol. The Morgan fingerprint density at radius 3 is 2.32 bits per heavy atom. The van der Waals surface area contributed by atoms with Gasteiger partial charge in [0.2, 0.25) is 10.0 Å². The molecule has 0 N–H and O–H groups in total. The Kier molecular flexibility index (Phi) is 5.01. The summed E-state index contributed by atoms with van der Waals surface area (Å²) in [7, 11) is -3.49. The van der Waals surface area contributed by atoms with Crippen molar-refractivity contribution in [2.45, 2.75) is 17.7 Å². The predicted octanol–water partition coefficient (Wildman–Crippen LogP) is 3.63. The molecule has 1 heterocycles. The van der Waals surface area contributed by atoms with Crippen molar-refractivity contribution < 1.29 is 8.42 Å². The molecule has 0 aliphatic carbocycles. The van der Waals surface area contributed by atoms with Crippen molar-refractivity contribution in [3.05, 3.63) is 28.2 Å². The number of piperidine rings is 1. The van der Waals surface area contributed by atoms with Crippen LogP contribution in [0.1, 0.15) is 12.8 Å². The van der Waals surface area contributed by atoms with Crippen molar-refractivity contribution in [2.75, 3.05) is 19.0 Å². The van der Waals surface area contributed by atoms with Gasteiger partial charge in [-0.15, -0.1) is 11.6 Å². The summed E-state index contributed by atoms with van der Waals surface area (Å²) >= 11 is 17.5. The highest BCUT2D eigenvalue weighted by Crippen LogP contribution is 2.28. The van der Waals surface area contributed by atoms with Crippen molar-refractivity contribution in [1.82, 2.24) is 4.31 Å². The molecule has 0 unspecified atom stereocenters. The lowest BCUT2D eigenvalue weighted by molar-refractivity contribution is 0.290.